The van der Waals surface area contributed by atoms with E-state index < -0.39 is 11.9 Å². The minimum atomic E-state index is -0.581. The van der Waals surface area contributed by atoms with Crippen molar-refractivity contribution >= 4 is 29.0 Å². The first-order valence-electron chi connectivity index (χ1n) is 10.4. The highest BCUT2D eigenvalue weighted by molar-refractivity contribution is 6.30. The van der Waals surface area contributed by atoms with Crippen molar-refractivity contribution in [3.05, 3.63) is 64.9 Å². The van der Waals surface area contributed by atoms with Gasteiger partial charge in [0.15, 0.2) is 0 Å². The summed E-state index contributed by atoms with van der Waals surface area (Å²) in [6.45, 7) is 5.07. The number of nitrogens with two attached hydrogens (primary N) is 1. The summed E-state index contributed by atoms with van der Waals surface area (Å²) < 4.78 is 29.4. The lowest BCUT2D eigenvalue weighted by Crippen LogP contribution is -2.49. The zero-order valence-electron chi connectivity index (χ0n) is 17.8. The van der Waals surface area contributed by atoms with Crippen LogP contribution < -0.4 is 11.1 Å². The van der Waals surface area contributed by atoms with Crippen molar-refractivity contribution in [2.75, 3.05) is 11.9 Å². The standard InChI is InChI=1S/C23H24ClF2N5O/c1-13(2)20(27)23(32)30-9-10-31-19(12-30)29-21(14-3-5-15(25)6-4-14)22(31)28-16-7-8-17(24)18(26)11-16/h3-8,11,13,20,28H,9-10,12,27H2,1-2H3/t20-/m0/s1. The molecule has 9 heteroatoms. The Morgan fingerprint density at radius 3 is 2.53 bits per heavy atom. The van der Waals surface area contributed by atoms with Gasteiger partial charge in [0.2, 0.25) is 5.91 Å². The number of aromatic nitrogens is 2. The van der Waals surface area contributed by atoms with E-state index in [1.807, 2.05) is 18.4 Å². The van der Waals surface area contributed by atoms with Crippen molar-refractivity contribution in [3.8, 4) is 11.3 Å². The summed E-state index contributed by atoms with van der Waals surface area (Å²) in [5, 5.41) is 3.25. The van der Waals surface area contributed by atoms with E-state index in [1.54, 1.807) is 23.1 Å². The summed E-state index contributed by atoms with van der Waals surface area (Å²) in [6.07, 6.45) is 0. The van der Waals surface area contributed by atoms with Gasteiger partial charge in [-0.25, -0.2) is 13.8 Å². The fraction of sp³-hybridized carbons (Fsp3) is 0.304. The van der Waals surface area contributed by atoms with Gasteiger partial charge in [-0.15, -0.1) is 0 Å². The second kappa shape index (κ2) is 8.88. The van der Waals surface area contributed by atoms with Crippen LogP contribution in [0.15, 0.2) is 42.5 Å². The van der Waals surface area contributed by atoms with Gasteiger partial charge in [-0.3, -0.25) is 4.79 Å². The van der Waals surface area contributed by atoms with Gasteiger partial charge in [0.25, 0.3) is 0 Å². The number of benzene rings is 2. The van der Waals surface area contributed by atoms with Crippen molar-refractivity contribution in [2.24, 2.45) is 11.7 Å². The Hall–Kier alpha value is -2.97. The lowest BCUT2D eigenvalue weighted by Gasteiger charge is -2.31. The summed E-state index contributed by atoms with van der Waals surface area (Å²) in [5.74, 6) is 0.303. The Morgan fingerprint density at radius 2 is 1.88 bits per heavy atom. The van der Waals surface area contributed by atoms with Crippen molar-refractivity contribution < 1.29 is 13.6 Å². The van der Waals surface area contributed by atoms with Gasteiger partial charge in [-0.2, -0.15) is 0 Å². The van der Waals surface area contributed by atoms with Gasteiger partial charge in [-0.1, -0.05) is 25.4 Å². The first-order valence-corrected chi connectivity index (χ1v) is 10.7. The highest BCUT2D eigenvalue weighted by Crippen LogP contribution is 2.34. The summed E-state index contributed by atoms with van der Waals surface area (Å²) >= 11 is 5.81. The number of hydrogen-bond donors (Lipinski definition) is 2. The van der Waals surface area contributed by atoms with Crippen LogP contribution in [-0.2, 0) is 17.9 Å². The lowest BCUT2D eigenvalue weighted by atomic mass is 10.0. The molecule has 0 unspecified atom stereocenters. The molecular formula is C23H24ClF2N5O. The lowest BCUT2D eigenvalue weighted by molar-refractivity contribution is -0.135. The summed E-state index contributed by atoms with van der Waals surface area (Å²) in [7, 11) is 0. The van der Waals surface area contributed by atoms with Crippen LogP contribution in [0.2, 0.25) is 5.02 Å². The molecule has 4 rings (SSSR count). The van der Waals surface area contributed by atoms with Gasteiger partial charge in [0.05, 0.1) is 17.6 Å². The predicted molar refractivity (Wildman–Crippen MR) is 121 cm³/mol. The number of hydrogen-bond acceptors (Lipinski definition) is 4. The largest absolute Gasteiger partial charge is 0.340 e. The van der Waals surface area contributed by atoms with Crippen LogP contribution in [0.4, 0.5) is 20.3 Å². The zero-order valence-corrected chi connectivity index (χ0v) is 18.5. The predicted octanol–water partition coefficient (Wildman–Crippen LogP) is 4.55. The smallest absolute Gasteiger partial charge is 0.240 e. The van der Waals surface area contributed by atoms with E-state index in [9.17, 15) is 13.6 Å². The minimum absolute atomic E-state index is 0.0241. The molecule has 1 aliphatic rings. The third-order valence-electron chi connectivity index (χ3n) is 5.59. The maximum Gasteiger partial charge on any atom is 0.240 e. The maximum atomic E-state index is 14.0. The first kappa shape index (κ1) is 22.2. The number of rotatable bonds is 5. The molecule has 0 aliphatic carbocycles. The Morgan fingerprint density at radius 1 is 1.16 bits per heavy atom. The normalized spacial score (nSPS) is 14.4. The molecule has 0 radical (unpaired) electrons. The van der Waals surface area contributed by atoms with E-state index in [2.05, 4.69) is 5.32 Å². The molecule has 1 aliphatic heterocycles. The molecule has 0 bridgehead atoms. The third kappa shape index (κ3) is 4.33. The second-order valence-electron chi connectivity index (χ2n) is 8.17. The monoisotopic (exact) mass is 459 g/mol. The van der Waals surface area contributed by atoms with Gasteiger partial charge in [-0.05, 0) is 48.4 Å². The van der Waals surface area contributed by atoms with Crippen LogP contribution in [0.1, 0.15) is 19.7 Å². The molecule has 1 atom stereocenters. The van der Waals surface area contributed by atoms with E-state index in [-0.39, 0.29) is 22.7 Å². The summed E-state index contributed by atoms with van der Waals surface area (Å²) in [5.41, 5.74) is 7.84. The number of halogens is 3. The number of carbonyl (C=O) groups excluding carboxylic acids is 1. The van der Waals surface area contributed by atoms with Crippen LogP contribution in [0.3, 0.4) is 0 Å². The highest BCUT2D eigenvalue weighted by atomic mass is 35.5. The molecule has 1 aromatic heterocycles. The zero-order chi connectivity index (χ0) is 23.0. The molecule has 0 saturated heterocycles. The molecule has 0 saturated carbocycles. The quantitative estimate of drug-likeness (QED) is 0.587. The fourth-order valence-corrected chi connectivity index (χ4v) is 3.78. The minimum Gasteiger partial charge on any atom is -0.340 e. The van der Waals surface area contributed by atoms with Gasteiger partial charge >= 0.3 is 0 Å². The Bertz CT molecular complexity index is 1150. The van der Waals surface area contributed by atoms with Crippen LogP contribution in [0.25, 0.3) is 11.3 Å². The summed E-state index contributed by atoms with van der Waals surface area (Å²) in [6, 6.07) is 9.84. The maximum absolute atomic E-state index is 14.0. The van der Waals surface area contributed by atoms with E-state index in [4.69, 9.17) is 22.3 Å². The van der Waals surface area contributed by atoms with E-state index >= 15 is 0 Å². The third-order valence-corrected chi connectivity index (χ3v) is 5.89. The molecule has 2 aromatic carbocycles. The van der Waals surface area contributed by atoms with Crippen LogP contribution >= 0.6 is 11.6 Å². The number of nitrogens with one attached hydrogen (secondary N) is 1. The summed E-state index contributed by atoms with van der Waals surface area (Å²) in [4.78, 5) is 19.2. The van der Waals surface area contributed by atoms with Gasteiger partial charge in [0, 0.05) is 24.3 Å². The molecule has 2 heterocycles. The Labute approximate surface area is 190 Å². The molecule has 0 spiro atoms. The molecule has 168 valence electrons. The Balaban J connectivity index is 1.72. The second-order valence-corrected chi connectivity index (χ2v) is 8.57. The van der Waals surface area contributed by atoms with Crippen LogP contribution in [0.5, 0.6) is 0 Å². The van der Waals surface area contributed by atoms with Gasteiger partial charge in [0.1, 0.15) is 29.0 Å². The molecule has 3 N–H and O–H groups in total. The average Bonchev–Trinajstić information content (AvgIpc) is 3.13. The number of anilines is 2. The first-order chi connectivity index (χ1) is 15.2. The van der Waals surface area contributed by atoms with Crippen molar-refractivity contribution in [2.45, 2.75) is 33.0 Å². The van der Waals surface area contributed by atoms with Crippen molar-refractivity contribution in [1.82, 2.24) is 14.5 Å². The topological polar surface area (TPSA) is 76.2 Å². The molecule has 1 amide bonds. The average molecular weight is 460 g/mol. The van der Waals surface area contributed by atoms with Crippen molar-refractivity contribution in [1.29, 1.82) is 0 Å². The molecule has 6 nitrogen and oxygen atoms in total. The number of amides is 1. The number of fused-ring (bicyclic) bond motifs is 1. The Kier molecular flexibility index (Phi) is 6.17. The van der Waals surface area contributed by atoms with Crippen LogP contribution in [-0.4, -0.2) is 32.9 Å². The SMILES string of the molecule is CC(C)[C@H](N)C(=O)N1CCn2c(nc(-c3ccc(F)cc3)c2Nc2ccc(Cl)c(F)c2)C1. The molecule has 32 heavy (non-hydrogen) atoms. The van der Waals surface area contributed by atoms with Crippen LogP contribution in [0, 0.1) is 17.6 Å². The number of nitrogens with zero attached hydrogens (tertiary/aromatic N) is 3. The number of carbonyl (C=O) groups is 1. The van der Waals surface area contributed by atoms with E-state index in [0.717, 1.165) is 0 Å². The number of imidazole rings is 1. The van der Waals surface area contributed by atoms with E-state index in [1.165, 1.54) is 24.3 Å². The van der Waals surface area contributed by atoms with Gasteiger partial charge < -0.3 is 20.5 Å². The van der Waals surface area contributed by atoms with Crippen molar-refractivity contribution in [3.63, 3.8) is 0 Å². The molecule has 3 aromatic rings. The highest BCUT2D eigenvalue weighted by Gasteiger charge is 2.30. The molecule has 0 fully saturated rings. The molecular weight excluding hydrogens is 436 g/mol. The van der Waals surface area contributed by atoms with E-state index in [0.29, 0.717) is 48.2 Å². The fourth-order valence-electron chi connectivity index (χ4n) is 3.66.